The maximum Gasteiger partial charge on any atom is 0.345 e. The minimum atomic E-state index is -0.318. The average molecular weight is 204 g/mol. The van der Waals surface area contributed by atoms with Crippen molar-refractivity contribution in [2.24, 2.45) is 0 Å². The molecule has 0 saturated heterocycles. The van der Waals surface area contributed by atoms with Crippen molar-refractivity contribution in [3.63, 3.8) is 0 Å². The van der Waals surface area contributed by atoms with E-state index in [9.17, 15) is 4.79 Å². The second kappa shape index (κ2) is 3.82. The molecule has 0 aliphatic carbocycles. The first-order chi connectivity index (χ1) is 7.22. The molecule has 0 aliphatic rings. The van der Waals surface area contributed by atoms with Crippen LogP contribution in [0.2, 0.25) is 0 Å². The minimum Gasteiger partial charge on any atom is -0.380 e. The van der Waals surface area contributed by atoms with E-state index in [4.69, 9.17) is 4.74 Å². The number of fused-ring (bicyclic) bond motifs is 1. The number of nitrogens with one attached hydrogen (secondary N) is 1. The van der Waals surface area contributed by atoms with E-state index in [1.54, 1.807) is 13.3 Å². The fourth-order valence-electron chi connectivity index (χ4n) is 1.63. The Morgan fingerprint density at radius 3 is 3.00 bits per heavy atom. The van der Waals surface area contributed by atoms with Crippen LogP contribution in [-0.2, 0) is 11.3 Å². The molecule has 0 fully saturated rings. The molecule has 4 heteroatoms. The quantitative estimate of drug-likeness (QED) is 0.804. The Hall–Kier alpha value is -1.68. The molecule has 0 atom stereocenters. The predicted octanol–water partition coefficient (Wildman–Crippen LogP) is 1.38. The first-order valence-electron chi connectivity index (χ1n) is 4.69. The van der Waals surface area contributed by atoms with Crippen molar-refractivity contribution in [1.82, 2.24) is 9.97 Å². The Kier molecular flexibility index (Phi) is 2.51. The minimum absolute atomic E-state index is 0.318. The third-order valence-corrected chi connectivity index (χ3v) is 2.48. The summed E-state index contributed by atoms with van der Waals surface area (Å²) in [7, 11) is 1.66. The van der Waals surface area contributed by atoms with E-state index < -0.39 is 0 Å². The first-order valence-corrected chi connectivity index (χ1v) is 4.69. The highest BCUT2D eigenvalue weighted by molar-refractivity contribution is 5.82. The van der Waals surface area contributed by atoms with Gasteiger partial charge in [0.05, 0.1) is 12.1 Å². The Morgan fingerprint density at radius 1 is 1.47 bits per heavy atom. The average Bonchev–Trinajstić information content (AvgIpc) is 2.22. The number of methoxy groups -OCH3 is 1. The number of H-pyrrole nitrogens is 1. The molecule has 0 spiro atoms. The number of rotatable bonds is 2. The summed E-state index contributed by atoms with van der Waals surface area (Å²) in [6.45, 7) is 2.57. The molecule has 0 unspecified atom stereocenters. The lowest BCUT2D eigenvalue weighted by Crippen LogP contribution is -2.09. The zero-order chi connectivity index (χ0) is 10.8. The highest BCUT2D eigenvalue weighted by Gasteiger charge is 2.03. The fraction of sp³-hybridized carbons (Fsp3) is 0.273. The third kappa shape index (κ3) is 1.76. The number of nitrogens with zero attached hydrogens (tertiary/aromatic N) is 1. The molecule has 0 saturated carbocycles. The molecule has 15 heavy (non-hydrogen) atoms. The zero-order valence-electron chi connectivity index (χ0n) is 8.70. The van der Waals surface area contributed by atoms with E-state index in [0.29, 0.717) is 6.61 Å². The van der Waals surface area contributed by atoms with Crippen molar-refractivity contribution >= 4 is 10.9 Å². The van der Waals surface area contributed by atoms with Gasteiger partial charge in [-0.25, -0.2) is 9.78 Å². The van der Waals surface area contributed by atoms with E-state index in [0.717, 1.165) is 22.0 Å². The molecular formula is C11H12N2O2. The van der Waals surface area contributed by atoms with Crippen LogP contribution < -0.4 is 5.69 Å². The van der Waals surface area contributed by atoms with Crippen molar-refractivity contribution in [3.8, 4) is 0 Å². The second-order valence-corrected chi connectivity index (χ2v) is 3.43. The lowest BCUT2D eigenvalue weighted by atomic mass is 10.1. The number of aryl methyl sites for hydroxylation is 1. The van der Waals surface area contributed by atoms with E-state index in [-0.39, 0.29) is 5.69 Å². The second-order valence-electron chi connectivity index (χ2n) is 3.43. The van der Waals surface area contributed by atoms with Crippen molar-refractivity contribution in [3.05, 3.63) is 39.9 Å². The largest absolute Gasteiger partial charge is 0.380 e. The normalized spacial score (nSPS) is 10.8. The molecule has 1 heterocycles. The molecule has 1 N–H and O–H groups in total. The summed E-state index contributed by atoms with van der Waals surface area (Å²) < 4.78 is 5.09. The lowest BCUT2D eigenvalue weighted by Gasteiger charge is -2.07. The molecule has 1 aromatic carbocycles. The maximum absolute atomic E-state index is 11.0. The Balaban J connectivity index is 2.68. The highest BCUT2D eigenvalue weighted by Crippen LogP contribution is 2.18. The molecule has 2 aromatic rings. The van der Waals surface area contributed by atoms with Gasteiger partial charge < -0.3 is 9.72 Å². The van der Waals surface area contributed by atoms with Crippen LogP contribution in [0.5, 0.6) is 0 Å². The van der Waals surface area contributed by atoms with Crippen LogP contribution in [0.1, 0.15) is 11.1 Å². The van der Waals surface area contributed by atoms with Gasteiger partial charge >= 0.3 is 5.69 Å². The summed E-state index contributed by atoms with van der Waals surface area (Å²) in [4.78, 5) is 17.4. The predicted molar refractivity (Wildman–Crippen MR) is 57.8 cm³/mol. The van der Waals surface area contributed by atoms with Crippen LogP contribution in [0.15, 0.2) is 23.1 Å². The van der Waals surface area contributed by atoms with Gasteiger partial charge in [-0.15, -0.1) is 0 Å². The van der Waals surface area contributed by atoms with Crippen molar-refractivity contribution in [1.29, 1.82) is 0 Å². The van der Waals surface area contributed by atoms with Crippen molar-refractivity contribution in [2.45, 2.75) is 13.5 Å². The third-order valence-electron chi connectivity index (χ3n) is 2.48. The first kappa shape index (κ1) is 9.86. The molecule has 0 aliphatic heterocycles. The van der Waals surface area contributed by atoms with Crippen LogP contribution in [0.25, 0.3) is 10.9 Å². The smallest absolute Gasteiger partial charge is 0.345 e. The van der Waals surface area contributed by atoms with E-state index >= 15 is 0 Å². The number of aromatic amines is 1. The van der Waals surface area contributed by atoms with Gasteiger partial charge in [0, 0.05) is 18.7 Å². The molecule has 78 valence electrons. The maximum atomic E-state index is 11.0. The molecule has 2 rings (SSSR count). The summed E-state index contributed by atoms with van der Waals surface area (Å²) in [5.74, 6) is 0. The number of hydrogen-bond acceptors (Lipinski definition) is 3. The summed E-state index contributed by atoms with van der Waals surface area (Å²) in [5.41, 5.74) is 2.70. The van der Waals surface area contributed by atoms with Crippen molar-refractivity contribution in [2.75, 3.05) is 7.11 Å². The van der Waals surface area contributed by atoms with E-state index in [2.05, 4.69) is 9.97 Å². The van der Waals surface area contributed by atoms with Crippen LogP contribution >= 0.6 is 0 Å². The van der Waals surface area contributed by atoms with Crippen LogP contribution in [0.4, 0.5) is 0 Å². The van der Waals surface area contributed by atoms with Crippen molar-refractivity contribution < 1.29 is 4.74 Å². The Morgan fingerprint density at radius 2 is 2.27 bits per heavy atom. The number of aromatic nitrogens is 2. The number of hydrogen-bond donors (Lipinski definition) is 1. The molecule has 1 aromatic heterocycles. The zero-order valence-corrected chi connectivity index (χ0v) is 8.70. The van der Waals surface area contributed by atoms with E-state index in [1.165, 1.54) is 0 Å². The van der Waals surface area contributed by atoms with Gasteiger partial charge in [0.2, 0.25) is 0 Å². The van der Waals surface area contributed by atoms with Gasteiger partial charge in [-0.3, -0.25) is 0 Å². The standard InChI is InChI=1S/C11H12N2O2/c1-7-8(6-15-2)3-4-10-9(7)5-12-11(14)13-10/h3-5H,6H2,1-2H3,(H,12,13,14). The molecule has 0 amide bonds. The summed E-state index contributed by atoms with van der Waals surface area (Å²) >= 11 is 0. The molecule has 0 bridgehead atoms. The van der Waals surface area contributed by atoms with Gasteiger partial charge in [-0.05, 0) is 24.1 Å². The summed E-state index contributed by atoms with van der Waals surface area (Å²) in [5, 5.41) is 0.962. The van der Waals surface area contributed by atoms with Crippen LogP contribution in [-0.4, -0.2) is 17.1 Å². The summed E-state index contributed by atoms with van der Waals surface area (Å²) in [6.07, 6.45) is 1.60. The number of benzene rings is 1. The molecule has 4 nitrogen and oxygen atoms in total. The van der Waals surface area contributed by atoms with E-state index in [1.807, 2.05) is 19.1 Å². The fourth-order valence-corrected chi connectivity index (χ4v) is 1.63. The molecular weight excluding hydrogens is 192 g/mol. The van der Waals surface area contributed by atoms with Gasteiger partial charge in [0.15, 0.2) is 0 Å². The Labute approximate surface area is 86.9 Å². The molecule has 0 radical (unpaired) electrons. The Bertz CT molecular complexity index is 546. The van der Waals surface area contributed by atoms with Crippen LogP contribution in [0.3, 0.4) is 0 Å². The van der Waals surface area contributed by atoms with Crippen LogP contribution in [0, 0.1) is 6.92 Å². The lowest BCUT2D eigenvalue weighted by molar-refractivity contribution is 0.184. The topological polar surface area (TPSA) is 55.0 Å². The van der Waals surface area contributed by atoms with Gasteiger partial charge in [0.1, 0.15) is 0 Å². The van der Waals surface area contributed by atoms with Gasteiger partial charge in [-0.1, -0.05) is 6.07 Å². The number of ether oxygens (including phenoxy) is 1. The highest BCUT2D eigenvalue weighted by atomic mass is 16.5. The monoisotopic (exact) mass is 204 g/mol. The SMILES string of the molecule is COCc1ccc2[nH]c(=O)ncc2c1C. The van der Waals surface area contributed by atoms with Gasteiger partial charge in [-0.2, -0.15) is 0 Å². The van der Waals surface area contributed by atoms with Gasteiger partial charge in [0.25, 0.3) is 0 Å². The summed E-state index contributed by atoms with van der Waals surface area (Å²) in [6, 6.07) is 3.83.